The summed E-state index contributed by atoms with van der Waals surface area (Å²) in [6, 6.07) is 18.4. The second-order valence-electron chi connectivity index (χ2n) is 11.1. The van der Waals surface area contributed by atoms with Crippen LogP contribution in [0.1, 0.15) is 31.9 Å². The monoisotopic (exact) mass is 526 g/mol. The molecule has 8 heteroatoms. The minimum absolute atomic E-state index is 0.0967. The SMILES string of the molecule is CCOC(=O)C1=C(C)C2[C@H]3C(=O)N(Cc4ccccc4)C(=O)[C@H]3C1(C)[C@@H]1C(=O)N(Cc3ccccc3)C(=O)[C@@H]21. The molecule has 1 saturated carbocycles. The molecule has 3 fully saturated rings. The second kappa shape index (κ2) is 9.00. The highest BCUT2D eigenvalue weighted by atomic mass is 16.5. The molecule has 200 valence electrons. The van der Waals surface area contributed by atoms with Crippen LogP contribution in [0.2, 0.25) is 0 Å². The maximum atomic E-state index is 14.1. The topological polar surface area (TPSA) is 101 Å². The highest BCUT2D eigenvalue weighted by Gasteiger charge is 2.76. The van der Waals surface area contributed by atoms with Gasteiger partial charge in [-0.05, 0) is 25.0 Å². The number of imide groups is 2. The van der Waals surface area contributed by atoms with Crippen LogP contribution in [-0.4, -0.2) is 46.0 Å². The van der Waals surface area contributed by atoms with Gasteiger partial charge in [-0.2, -0.15) is 0 Å². The number of allylic oxidation sites excluding steroid dienone is 1. The molecule has 5 aliphatic rings. The van der Waals surface area contributed by atoms with E-state index >= 15 is 0 Å². The van der Waals surface area contributed by atoms with Crippen molar-refractivity contribution in [2.45, 2.75) is 33.9 Å². The summed E-state index contributed by atoms with van der Waals surface area (Å²) in [6.07, 6.45) is 0. The van der Waals surface area contributed by atoms with Gasteiger partial charge in [0, 0.05) is 16.9 Å². The van der Waals surface area contributed by atoms with Crippen molar-refractivity contribution in [1.82, 2.24) is 9.80 Å². The molecule has 7 rings (SSSR count). The van der Waals surface area contributed by atoms with E-state index in [0.717, 1.165) is 11.1 Å². The molecule has 0 radical (unpaired) electrons. The minimum Gasteiger partial charge on any atom is -0.463 e. The van der Waals surface area contributed by atoms with Gasteiger partial charge in [0.05, 0.1) is 43.4 Å². The standard InChI is InChI=1S/C31H30N2O6/c1-4-39-30(38)23-17(2)20-21-24(28(36)32(26(21)34)15-18-11-7-5-8-12-18)31(23,3)25-22(20)27(35)33(29(25)37)16-19-13-9-6-10-14-19/h5-14,20-22,24-25H,4,15-16H2,1-3H3/t20?,21-,22+,24-,25-,31?/m0/s1. The van der Waals surface area contributed by atoms with Crippen LogP contribution in [0.4, 0.5) is 0 Å². The Morgan fingerprint density at radius 2 is 1.18 bits per heavy atom. The number of ether oxygens (including phenoxy) is 1. The molecule has 0 N–H and O–H groups in total. The summed E-state index contributed by atoms with van der Waals surface area (Å²) in [5.41, 5.74) is 1.07. The van der Waals surface area contributed by atoms with Crippen LogP contribution in [0.25, 0.3) is 0 Å². The summed E-state index contributed by atoms with van der Waals surface area (Å²) < 4.78 is 5.42. The summed E-state index contributed by atoms with van der Waals surface area (Å²) in [5, 5.41) is 0. The molecule has 0 aromatic heterocycles. The van der Waals surface area contributed by atoms with E-state index < -0.39 is 52.8 Å². The van der Waals surface area contributed by atoms with Gasteiger partial charge in [-0.15, -0.1) is 0 Å². The number of carbonyl (C=O) groups excluding carboxylic acids is 5. The Bertz CT molecular complexity index is 1350. The molecule has 2 aliphatic heterocycles. The first-order valence-electron chi connectivity index (χ1n) is 13.4. The molecule has 2 bridgehead atoms. The minimum atomic E-state index is -1.36. The number of nitrogens with zero attached hydrogens (tertiary/aromatic N) is 2. The normalized spacial score (nSPS) is 31.2. The molecule has 2 heterocycles. The fourth-order valence-electron chi connectivity index (χ4n) is 7.77. The lowest BCUT2D eigenvalue weighted by Crippen LogP contribution is -2.61. The Morgan fingerprint density at radius 3 is 1.59 bits per heavy atom. The maximum Gasteiger partial charge on any atom is 0.334 e. The number of hydrogen-bond donors (Lipinski definition) is 0. The Labute approximate surface area is 226 Å². The number of esters is 1. The van der Waals surface area contributed by atoms with Gasteiger partial charge in [-0.1, -0.05) is 73.2 Å². The zero-order chi connectivity index (χ0) is 27.6. The van der Waals surface area contributed by atoms with E-state index in [1.807, 2.05) is 60.7 Å². The number of amides is 4. The first-order chi connectivity index (χ1) is 18.7. The van der Waals surface area contributed by atoms with Crippen LogP contribution >= 0.6 is 0 Å². The van der Waals surface area contributed by atoms with Crippen LogP contribution in [0.15, 0.2) is 71.8 Å². The Morgan fingerprint density at radius 1 is 0.744 bits per heavy atom. The predicted molar refractivity (Wildman–Crippen MR) is 139 cm³/mol. The van der Waals surface area contributed by atoms with E-state index in [9.17, 15) is 24.0 Å². The lowest BCUT2D eigenvalue weighted by Gasteiger charge is -2.55. The van der Waals surface area contributed by atoms with Crippen molar-refractivity contribution in [3.8, 4) is 0 Å². The molecule has 8 nitrogen and oxygen atoms in total. The fraction of sp³-hybridized carbons (Fsp3) is 0.387. The van der Waals surface area contributed by atoms with Crippen molar-refractivity contribution in [2.24, 2.45) is 35.0 Å². The van der Waals surface area contributed by atoms with Crippen molar-refractivity contribution < 1.29 is 28.7 Å². The predicted octanol–water partition coefficient (Wildman–Crippen LogP) is 3.12. The van der Waals surface area contributed by atoms with Crippen molar-refractivity contribution in [3.05, 3.63) is 82.9 Å². The largest absolute Gasteiger partial charge is 0.463 e. The maximum absolute atomic E-state index is 14.1. The number of carbonyl (C=O) groups is 5. The van der Waals surface area contributed by atoms with Crippen LogP contribution in [0.5, 0.6) is 0 Å². The molecule has 2 aromatic carbocycles. The molecular formula is C31H30N2O6. The van der Waals surface area contributed by atoms with Gasteiger partial charge >= 0.3 is 5.97 Å². The van der Waals surface area contributed by atoms with E-state index in [2.05, 4.69) is 0 Å². The molecule has 6 atom stereocenters. The van der Waals surface area contributed by atoms with Crippen molar-refractivity contribution >= 4 is 29.6 Å². The lowest BCUT2D eigenvalue weighted by atomic mass is 9.43. The fourth-order valence-corrected chi connectivity index (χ4v) is 7.77. The zero-order valence-corrected chi connectivity index (χ0v) is 22.1. The third-order valence-corrected chi connectivity index (χ3v) is 9.23. The van der Waals surface area contributed by atoms with E-state index in [-0.39, 0.29) is 37.1 Å². The highest BCUT2D eigenvalue weighted by Crippen LogP contribution is 2.68. The first kappa shape index (κ1) is 25.2. The quantitative estimate of drug-likeness (QED) is 0.424. The third-order valence-electron chi connectivity index (χ3n) is 9.23. The summed E-state index contributed by atoms with van der Waals surface area (Å²) in [7, 11) is 0. The van der Waals surface area contributed by atoms with Crippen molar-refractivity contribution in [3.63, 3.8) is 0 Å². The van der Waals surface area contributed by atoms with Crippen LogP contribution in [0, 0.1) is 35.0 Å². The van der Waals surface area contributed by atoms with Gasteiger partial charge in [-0.3, -0.25) is 29.0 Å². The molecule has 3 aliphatic carbocycles. The van der Waals surface area contributed by atoms with Gasteiger partial charge in [-0.25, -0.2) is 4.79 Å². The van der Waals surface area contributed by atoms with Gasteiger partial charge in [0.25, 0.3) is 0 Å². The third kappa shape index (κ3) is 3.40. The van der Waals surface area contributed by atoms with Gasteiger partial charge in [0.1, 0.15) is 0 Å². The Hall–Kier alpha value is -4.07. The molecule has 2 aromatic rings. The molecule has 39 heavy (non-hydrogen) atoms. The number of benzene rings is 2. The van der Waals surface area contributed by atoms with Crippen molar-refractivity contribution in [1.29, 1.82) is 0 Å². The molecule has 2 unspecified atom stereocenters. The van der Waals surface area contributed by atoms with Gasteiger partial charge in [0.15, 0.2) is 0 Å². The van der Waals surface area contributed by atoms with Crippen LogP contribution in [0.3, 0.4) is 0 Å². The van der Waals surface area contributed by atoms with Crippen LogP contribution in [-0.2, 0) is 41.8 Å². The lowest BCUT2D eigenvalue weighted by molar-refractivity contribution is -0.155. The highest BCUT2D eigenvalue weighted by molar-refractivity contribution is 6.13. The van der Waals surface area contributed by atoms with Crippen molar-refractivity contribution in [2.75, 3.05) is 6.61 Å². The Kier molecular flexibility index (Phi) is 5.82. The molecular weight excluding hydrogens is 496 g/mol. The average molecular weight is 527 g/mol. The number of hydrogen-bond acceptors (Lipinski definition) is 6. The smallest absolute Gasteiger partial charge is 0.334 e. The van der Waals surface area contributed by atoms with E-state index in [4.69, 9.17) is 4.74 Å². The number of rotatable bonds is 6. The summed E-state index contributed by atoms with van der Waals surface area (Å²) in [5.74, 6) is -6.36. The van der Waals surface area contributed by atoms with E-state index in [1.54, 1.807) is 20.8 Å². The van der Waals surface area contributed by atoms with Gasteiger partial charge < -0.3 is 4.74 Å². The van der Waals surface area contributed by atoms with Crippen LogP contribution < -0.4 is 0 Å². The summed E-state index contributed by atoms with van der Waals surface area (Å²) in [6.45, 7) is 5.47. The summed E-state index contributed by atoms with van der Waals surface area (Å²) >= 11 is 0. The summed E-state index contributed by atoms with van der Waals surface area (Å²) in [4.78, 5) is 71.9. The molecule has 4 amide bonds. The molecule has 0 spiro atoms. The average Bonchev–Trinajstić information content (AvgIpc) is 3.32. The van der Waals surface area contributed by atoms with E-state index in [0.29, 0.717) is 5.57 Å². The first-order valence-corrected chi connectivity index (χ1v) is 13.4. The second-order valence-corrected chi connectivity index (χ2v) is 11.1. The van der Waals surface area contributed by atoms with Gasteiger partial charge in [0.2, 0.25) is 23.6 Å². The molecule has 2 saturated heterocycles. The number of likely N-dealkylation sites (tertiary alicyclic amines) is 2. The van der Waals surface area contributed by atoms with E-state index in [1.165, 1.54) is 9.80 Å². The Balaban J connectivity index is 1.47. The zero-order valence-electron chi connectivity index (χ0n) is 22.1.